The number of ether oxygens (including phenoxy) is 1. The Bertz CT molecular complexity index is 1190. The van der Waals surface area contributed by atoms with Gasteiger partial charge in [-0.1, -0.05) is 30.3 Å². The van der Waals surface area contributed by atoms with Gasteiger partial charge in [-0.05, 0) is 42.2 Å². The zero-order valence-electron chi connectivity index (χ0n) is 15.8. The van der Waals surface area contributed by atoms with Gasteiger partial charge in [0.25, 0.3) is 0 Å². The smallest absolute Gasteiger partial charge is 0.350 e. The number of hydrazine groups is 1. The molecule has 0 aliphatic rings. The first-order valence-electron chi connectivity index (χ1n) is 9.03. The number of carbonyl (C=O) groups excluding carboxylic acids is 1. The maximum Gasteiger partial charge on any atom is 0.350 e. The van der Waals surface area contributed by atoms with Crippen molar-refractivity contribution < 1.29 is 9.53 Å². The van der Waals surface area contributed by atoms with E-state index in [1.807, 2.05) is 24.3 Å². The van der Waals surface area contributed by atoms with Crippen LogP contribution in [-0.2, 0) is 4.74 Å². The lowest BCUT2D eigenvalue weighted by Crippen LogP contribution is -2.34. The number of anilines is 2. The van der Waals surface area contributed by atoms with E-state index in [1.54, 1.807) is 29.7 Å². The normalized spacial score (nSPS) is 10.6. The summed E-state index contributed by atoms with van der Waals surface area (Å²) in [6.07, 6.45) is 1.50. The number of nitrogens with one attached hydrogen (secondary N) is 3. The van der Waals surface area contributed by atoms with E-state index in [1.165, 1.54) is 17.7 Å². The SMILES string of the molecule is CCOC(=O)c1sccc1NC(=S)NNc1ncnc2cc(-c3ccccc3)sc12. The molecule has 0 radical (unpaired) electrons. The summed E-state index contributed by atoms with van der Waals surface area (Å²) < 4.78 is 5.97. The van der Waals surface area contributed by atoms with Gasteiger partial charge in [0, 0.05) is 4.88 Å². The highest BCUT2D eigenvalue weighted by Crippen LogP contribution is 2.35. The van der Waals surface area contributed by atoms with Gasteiger partial charge in [0.05, 0.1) is 22.5 Å². The monoisotopic (exact) mass is 455 g/mol. The zero-order chi connectivity index (χ0) is 20.9. The first-order chi connectivity index (χ1) is 14.7. The number of carbonyl (C=O) groups is 1. The summed E-state index contributed by atoms with van der Waals surface area (Å²) in [5.74, 6) is 0.238. The molecule has 4 aromatic rings. The molecule has 3 N–H and O–H groups in total. The van der Waals surface area contributed by atoms with Crippen LogP contribution in [0, 0.1) is 0 Å². The predicted octanol–water partition coefficient (Wildman–Crippen LogP) is 4.91. The molecule has 7 nitrogen and oxygen atoms in total. The molecular formula is C20H17N5O2S3. The van der Waals surface area contributed by atoms with Gasteiger partial charge in [0.1, 0.15) is 11.2 Å². The molecule has 152 valence electrons. The number of nitrogens with zero attached hydrogens (tertiary/aromatic N) is 2. The molecule has 0 amide bonds. The molecule has 0 spiro atoms. The van der Waals surface area contributed by atoms with Gasteiger partial charge < -0.3 is 10.1 Å². The van der Waals surface area contributed by atoms with Crippen LogP contribution in [0.2, 0.25) is 0 Å². The van der Waals surface area contributed by atoms with Crippen molar-refractivity contribution in [1.29, 1.82) is 0 Å². The molecule has 30 heavy (non-hydrogen) atoms. The third kappa shape index (κ3) is 4.40. The van der Waals surface area contributed by atoms with Crippen molar-refractivity contribution in [2.75, 3.05) is 17.3 Å². The second kappa shape index (κ2) is 9.16. The number of hydrogen-bond acceptors (Lipinski definition) is 8. The molecule has 0 bridgehead atoms. The van der Waals surface area contributed by atoms with Crippen LogP contribution in [0.1, 0.15) is 16.6 Å². The van der Waals surface area contributed by atoms with Gasteiger partial charge in [-0.3, -0.25) is 10.9 Å². The van der Waals surface area contributed by atoms with Crippen LogP contribution in [0.5, 0.6) is 0 Å². The van der Waals surface area contributed by atoms with Crippen molar-refractivity contribution in [2.24, 2.45) is 0 Å². The summed E-state index contributed by atoms with van der Waals surface area (Å²) in [5.41, 5.74) is 8.51. The lowest BCUT2D eigenvalue weighted by atomic mass is 10.2. The highest BCUT2D eigenvalue weighted by molar-refractivity contribution is 7.80. The van der Waals surface area contributed by atoms with Crippen LogP contribution in [-0.4, -0.2) is 27.7 Å². The van der Waals surface area contributed by atoms with E-state index in [2.05, 4.69) is 38.3 Å². The van der Waals surface area contributed by atoms with Gasteiger partial charge >= 0.3 is 5.97 Å². The number of benzene rings is 1. The molecule has 0 atom stereocenters. The van der Waals surface area contributed by atoms with Crippen LogP contribution in [0.15, 0.2) is 54.2 Å². The molecule has 0 unspecified atom stereocenters. The van der Waals surface area contributed by atoms with Crippen LogP contribution in [0.25, 0.3) is 20.7 Å². The molecule has 4 rings (SSSR count). The Hall–Kier alpha value is -3.08. The van der Waals surface area contributed by atoms with E-state index in [0.717, 1.165) is 20.7 Å². The third-order valence-electron chi connectivity index (χ3n) is 4.04. The van der Waals surface area contributed by atoms with Crippen molar-refractivity contribution >= 4 is 67.7 Å². The summed E-state index contributed by atoms with van der Waals surface area (Å²) in [5, 5.41) is 5.10. The van der Waals surface area contributed by atoms with E-state index in [4.69, 9.17) is 17.0 Å². The summed E-state index contributed by atoms with van der Waals surface area (Å²) >= 11 is 8.23. The fourth-order valence-electron chi connectivity index (χ4n) is 2.72. The number of aromatic nitrogens is 2. The van der Waals surface area contributed by atoms with Gasteiger partial charge in [0.15, 0.2) is 10.9 Å². The van der Waals surface area contributed by atoms with Crippen LogP contribution in [0.4, 0.5) is 11.5 Å². The van der Waals surface area contributed by atoms with Crippen LogP contribution < -0.4 is 16.2 Å². The van der Waals surface area contributed by atoms with Crippen molar-refractivity contribution in [3.05, 3.63) is 59.0 Å². The van der Waals surface area contributed by atoms with Gasteiger partial charge in [-0.2, -0.15) is 0 Å². The molecule has 3 aromatic heterocycles. The Morgan fingerprint density at radius 2 is 2.03 bits per heavy atom. The van der Waals surface area contributed by atoms with Crippen molar-refractivity contribution in [2.45, 2.75) is 6.92 Å². The number of fused-ring (bicyclic) bond motifs is 1. The standard InChI is InChI=1S/C20H17N5O2S3/c1-2-27-19(26)17-13(8-9-29-17)23-20(28)25-24-18-16-14(21-11-22-18)10-15(30-16)12-6-4-3-5-7-12/h3-11H,2H2,1H3,(H,21,22,24)(H2,23,25,28). The fraction of sp³-hybridized carbons (Fsp3) is 0.100. The van der Waals surface area contributed by atoms with Crippen LogP contribution >= 0.6 is 34.9 Å². The Labute approximate surface area is 186 Å². The topological polar surface area (TPSA) is 88.2 Å². The lowest BCUT2D eigenvalue weighted by Gasteiger charge is -2.12. The molecular weight excluding hydrogens is 438 g/mol. The Morgan fingerprint density at radius 3 is 2.83 bits per heavy atom. The second-order valence-electron chi connectivity index (χ2n) is 6.00. The largest absolute Gasteiger partial charge is 0.462 e. The lowest BCUT2D eigenvalue weighted by molar-refractivity contribution is 0.0533. The molecule has 0 saturated heterocycles. The molecule has 0 saturated carbocycles. The van der Waals surface area contributed by atoms with E-state index in [0.29, 0.717) is 28.1 Å². The molecule has 0 aliphatic carbocycles. The zero-order valence-corrected chi connectivity index (χ0v) is 18.3. The molecule has 1 aromatic carbocycles. The first kappa shape index (κ1) is 20.2. The minimum atomic E-state index is -0.379. The molecule has 0 aliphatic heterocycles. The van der Waals surface area contributed by atoms with Gasteiger partial charge in [-0.15, -0.1) is 22.7 Å². The highest BCUT2D eigenvalue weighted by atomic mass is 32.1. The van der Waals surface area contributed by atoms with E-state index >= 15 is 0 Å². The number of esters is 1. The summed E-state index contributed by atoms with van der Waals surface area (Å²) in [4.78, 5) is 22.3. The van der Waals surface area contributed by atoms with E-state index in [9.17, 15) is 4.79 Å². The minimum absolute atomic E-state index is 0.297. The first-order valence-corrected chi connectivity index (χ1v) is 11.1. The summed E-state index contributed by atoms with van der Waals surface area (Å²) in [7, 11) is 0. The maximum absolute atomic E-state index is 12.0. The third-order valence-corrected chi connectivity index (χ3v) is 6.32. The van der Waals surface area contributed by atoms with Gasteiger partial charge in [0.2, 0.25) is 0 Å². The molecule has 3 heterocycles. The number of hydrogen-bond donors (Lipinski definition) is 3. The predicted molar refractivity (Wildman–Crippen MR) is 126 cm³/mol. The van der Waals surface area contributed by atoms with Crippen LogP contribution in [0.3, 0.4) is 0 Å². The number of rotatable bonds is 6. The Kier molecular flexibility index (Phi) is 6.17. The summed E-state index contributed by atoms with van der Waals surface area (Å²) in [6, 6.07) is 13.9. The van der Waals surface area contributed by atoms with Crippen molar-refractivity contribution in [3.8, 4) is 10.4 Å². The quantitative estimate of drug-likeness (QED) is 0.215. The fourth-order valence-corrected chi connectivity index (χ4v) is 4.68. The Morgan fingerprint density at radius 1 is 1.20 bits per heavy atom. The molecule has 10 heteroatoms. The van der Waals surface area contributed by atoms with Gasteiger partial charge in [-0.25, -0.2) is 14.8 Å². The summed E-state index contributed by atoms with van der Waals surface area (Å²) in [6.45, 7) is 2.08. The highest BCUT2D eigenvalue weighted by Gasteiger charge is 2.15. The minimum Gasteiger partial charge on any atom is -0.462 e. The average Bonchev–Trinajstić information content (AvgIpc) is 3.40. The van der Waals surface area contributed by atoms with Crippen molar-refractivity contribution in [3.63, 3.8) is 0 Å². The average molecular weight is 456 g/mol. The number of thiophene rings is 2. The second-order valence-corrected chi connectivity index (χ2v) is 8.38. The van der Waals surface area contributed by atoms with E-state index in [-0.39, 0.29) is 5.97 Å². The molecule has 0 fully saturated rings. The van der Waals surface area contributed by atoms with E-state index < -0.39 is 0 Å². The Balaban J connectivity index is 1.46. The number of thiocarbonyl (C=S) groups is 1. The maximum atomic E-state index is 12.0. The van der Waals surface area contributed by atoms with Crippen molar-refractivity contribution in [1.82, 2.24) is 15.4 Å².